The summed E-state index contributed by atoms with van der Waals surface area (Å²) in [7, 11) is 0. The van der Waals surface area contributed by atoms with E-state index in [4.69, 9.17) is 0 Å². The van der Waals surface area contributed by atoms with Gasteiger partial charge in [-0.3, -0.25) is 0 Å². The summed E-state index contributed by atoms with van der Waals surface area (Å²) in [6.07, 6.45) is 8.89. The molecule has 2 heteroatoms. The third kappa shape index (κ3) is 4.24. The minimum Gasteiger partial charge on any atom is -0.389 e. The van der Waals surface area contributed by atoms with Crippen molar-refractivity contribution in [2.45, 2.75) is 70.9 Å². The molecule has 1 aromatic rings. The summed E-state index contributed by atoms with van der Waals surface area (Å²) in [5, 5.41) is 13.5. The Morgan fingerprint density at radius 3 is 2.75 bits per heavy atom. The fourth-order valence-corrected chi connectivity index (χ4v) is 3.43. The third-order valence-corrected chi connectivity index (χ3v) is 4.56. The molecule has 3 atom stereocenters. The van der Waals surface area contributed by atoms with Gasteiger partial charge in [0.2, 0.25) is 0 Å². The molecular formula is C18H29NO. The van der Waals surface area contributed by atoms with Gasteiger partial charge in [0.15, 0.2) is 0 Å². The van der Waals surface area contributed by atoms with E-state index in [0.717, 1.165) is 17.2 Å². The molecule has 1 aliphatic rings. The van der Waals surface area contributed by atoms with Crippen LogP contribution >= 0.6 is 0 Å². The summed E-state index contributed by atoms with van der Waals surface area (Å²) < 4.78 is 0. The van der Waals surface area contributed by atoms with E-state index in [1.165, 1.54) is 44.9 Å². The maximum absolute atomic E-state index is 9.86. The fourth-order valence-electron chi connectivity index (χ4n) is 3.43. The van der Waals surface area contributed by atoms with Crippen molar-refractivity contribution >= 4 is 5.69 Å². The van der Waals surface area contributed by atoms with Crippen molar-refractivity contribution in [3.63, 3.8) is 0 Å². The first-order valence-electron chi connectivity index (χ1n) is 8.24. The van der Waals surface area contributed by atoms with Crippen LogP contribution in [0.1, 0.15) is 70.5 Å². The van der Waals surface area contributed by atoms with Crippen molar-refractivity contribution in [1.29, 1.82) is 0 Å². The van der Waals surface area contributed by atoms with Gasteiger partial charge in [-0.1, -0.05) is 50.8 Å². The van der Waals surface area contributed by atoms with E-state index < -0.39 is 6.10 Å². The molecule has 0 heterocycles. The van der Waals surface area contributed by atoms with E-state index in [-0.39, 0.29) is 0 Å². The number of aliphatic hydroxyl groups is 1. The monoisotopic (exact) mass is 275 g/mol. The zero-order chi connectivity index (χ0) is 14.4. The van der Waals surface area contributed by atoms with E-state index in [1.54, 1.807) is 0 Å². The lowest BCUT2D eigenvalue weighted by Crippen LogP contribution is -2.19. The lowest BCUT2D eigenvalue weighted by Gasteiger charge is -2.21. The van der Waals surface area contributed by atoms with Gasteiger partial charge in [0.25, 0.3) is 0 Å². The summed E-state index contributed by atoms with van der Waals surface area (Å²) in [5.41, 5.74) is 2.13. The number of benzene rings is 1. The molecule has 3 unspecified atom stereocenters. The minimum atomic E-state index is -0.405. The van der Waals surface area contributed by atoms with Gasteiger partial charge in [-0.2, -0.15) is 0 Å². The molecule has 0 radical (unpaired) electrons. The van der Waals surface area contributed by atoms with Crippen LogP contribution < -0.4 is 5.32 Å². The number of nitrogens with one attached hydrogen (secondary N) is 1. The van der Waals surface area contributed by atoms with Gasteiger partial charge < -0.3 is 10.4 Å². The van der Waals surface area contributed by atoms with Crippen molar-refractivity contribution in [2.75, 3.05) is 5.32 Å². The van der Waals surface area contributed by atoms with Crippen molar-refractivity contribution in [3.8, 4) is 0 Å². The molecule has 0 saturated heterocycles. The Morgan fingerprint density at radius 1 is 1.20 bits per heavy atom. The second-order valence-electron chi connectivity index (χ2n) is 6.27. The molecule has 0 aromatic heterocycles. The highest BCUT2D eigenvalue weighted by atomic mass is 16.3. The zero-order valence-electron chi connectivity index (χ0n) is 12.9. The van der Waals surface area contributed by atoms with E-state index >= 15 is 0 Å². The van der Waals surface area contributed by atoms with Crippen LogP contribution in [0.15, 0.2) is 24.3 Å². The molecule has 1 aliphatic carbocycles. The Balaban J connectivity index is 1.96. The number of anilines is 1. The van der Waals surface area contributed by atoms with Gasteiger partial charge in [0.05, 0.1) is 6.10 Å². The van der Waals surface area contributed by atoms with E-state index in [0.29, 0.717) is 6.04 Å². The van der Waals surface area contributed by atoms with E-state index in [2.05, 4.69) is 18.3 Å². The molecule has 112 valence electrons. The lowest BCUT2D eigenvalue weighted by molar-refractivity contribution is 0.200. The summed E-state index contributed by atoms with van der Waals surface area (Å²) in [6.45, 7) is 4.13. The molecule has 20 heavy (non-hydrogen) atoms. The highest BCUT2D eigenvalue weighted by Crippen LogP contribution is 2.30. The smallest absolute Gasteiger partial charge is 0.0781 e. The Labute approximate surface area is 123 Å². The average molecular weight is 275 g/mol. The normalized spacial score (nSPS) is 24.9. The van der Waals surface area contributed by atoms with Crippen LogP contribution in [-0.2, 0) is 0 Å². The van der Waals surface area contributed by atoms with Crippen molar-refractivity contribution in [3.05, 3.63) is 29.8 Å². The first-order chi connectivity index (χ1) is 9.70. The first kappa shape index (κ1) is 15.4. The number of hydrogen-bond donors (Lipinski definition) is 2. The van der Waals surface area contributed by atoms with Gasteiger partial charge in [-0.15, -0.1) is 0 Å². The summed E-state index contributed by atoms with van der Waals surface area (Å²) >= 11 is 0. The van der Waals surface area contributed by atoms with Gasteiger partial charge in [-0.05, 0) is 38.2 Å². The van der Waals surface area contributed by atoms with Gasteiger partial charge in [-0.25, -0.2) is 0 Å². The minimum absolute atomic E-state index is 0.405. The van der Waals surface area contributed by atoms with Crippen LogP contribution in [-0.4, -0.2) is 11.1 Å². The number of hydrogen-bond acceptors (Lipinski definition) is 2. The lowest BCUT2D eigenvalue weighted by atomic mass is 9.95. The van der Waals surface area contributed by atoms with Crippen molar-refractivity contribution in [1.82, 2.24) is 0 Å². The second-order valence-corrected chi connectivity index (χ2v) is 6.27. The van der Waals surface area contributed by atoms with Gasteiger partial charge >= 0.3 is 0 Å². The summed E-state index contributed by atoms with van der Waals surface area (Å²) in [6, 6.07) is 8.72. The number of aliphatic hydroxyl groups excluding tert-OH is 1. The second kappa shape index (κ2) is 7.68. The molecule has 2 nitrogen and oxygen atoms in total. The van der Waals surface area contributed by atoms with Crippen LogP contribution in [0.5, 0.6) is 0 Å². The fraction of sp³-hybridized carbons (Fsp3) is 0.667. The molecule has 0 amide bonds. The van der Waals surface area contributed by atoms with Crippen LogP contribution in [0.2, 0.25) is 0 Å². The maximum Gasteiger partial charge on any atom is 0.0781 e. The first-order valence-corrected chi connectivity index (χ1v) is 8.24. The highest BCUT2D eigenvalue weighted by molar-refractivity contribution is 5.52. The zero-order valence-corrected chi connectivity index (χ0v) is 12.9. The predicted octanol–water partition coefficient (Wildman–Crippen LogP) is 4.90. The maximum atomic E-state index is 9.86. The van der Waals surface area contributed by atoms with Crippen LogP contribution in [0, 0.1) is 5.92 Å². The molecule has 0 bridgehead atoms. The molecule has 1 aromatic carbocycles. The highest BCUT2D eigenvalue weighted by Gasteiger charge is 2.19. The SMILES string of the molecule is CCCC1CCCC(Nc2ccccc2C(C)O)CC1. The molecule has 2 rings (SSSR count). The Hall–Kier alpha value is -1.02. The average Bonchev–Trinajstić information content (AvgIpc) is 2.65. The summed E-state index contributed by atoms with van der Waals surface area (Å²) in [4.78, 5) is 0. The van der Waals surface area contributed by atoms with E-state index in [1.807, 2.05) is 25.1 Å². The van der Waals surface area contributed by atoms with Crippen LogP contribution in [0.3, 0.4) is 0 Å². The van der Waals surface area contributed by atoms with E-state index in [9.17, 15) is 5.11 Å². The molecule has 2 N–H and O–H groups in total. The topological polar surface area (TPSA) is 32.3 Å². The van der Waals surface area contributed by atoms with Crippen LogP contribution in [0.4, 0.5) is 5.69 Å². The van der Waals surface area contributed by atoms with Crippen molar-refractivity contribution < 1.29 is 5.11 Å². The molecule has 1 fully saturated rings. The number of rotatable bonds is 5. The number of para-hydroxylation sites is 1. The van der Waals surface area contributed by atoms with Gasteiger partial charge in [0, 0.05) is 17.3 Å². The third-order valence-electron chi connectivity index (χ3n) is 4.56. The summed E-state index contributed by atoms with van der Waals surface area (Å²) in [5.74, 6) is 0.929. The molecule has 1 saturated carbocycles. The Bertz CT molecular complexity index is 402. The quantitative estimate of drug-likeness (QED) is 0.749. The largest absolute Gasteiger partial charge is 0.389 e. The van der Waals surface area contributed by atoms with Crippen LogP contribution in [0.25, 0.3) is 0 Å². The van der Waals surface area contributed by atoms with Gasteiger partial charge in [0.1, 0.15) is 0 Å². The predicted molar refractivity (Wildman–Crippen MR) is 86.0 cm³/mol. The molecule has 0 aliphatic heterocycles. The standard InChI is InChI=1S/C18H29NO/c1-3-7-15-8-6-9-16(13-12-15)19-18-11-5-4-10-17(18)14(2)20/h4-5,10-11,14-16,19-20H,3,6-9,12-13H2,1-2H3. The Morgan fingerprint density at radius 2 is 2.00 bits per heavy atom. The molecular weight excluding hydrogens is 246 g/mol. The molecule has 0 spiro atoms. The Kier molecular flexibility index (Phi) is 5.90. The van der Waals surface area contributed by atoms with Crippen molar-refractivity contribution in [2.24, 2.45) is 5.92 Å².